The summed E-state index contributed by atoms with van der Waals surface area (Å²) < 4.78 is 0. The zero-order chi connectivity index (χ0) is 12.1. The van der Waals surface area contributed by atoms with E-state index in [9.17, 15) is 0 Å². The van der Waals surface area contributed by atoms with E-state index in [-0.39, 0.29) is 0 Å². The van der Waals surface area contributed by atoms with Gasteiger partial charge in [0.25, 0.3) is 0 Å². The van der Waals surface area contributed by atoms with Gasteiger partial charge in [0.2, 0.25) is 0 Å². The fourth-order valence-corrected chi connectivity index (χ4v) is 4.00. The monoisotopic (exact) mass is 302 g/mol. The van der Waals surface area contributed by atoms with Crippen molar-refractivity contribution in [2.24, 2.45) is 5.92 Å². The van der Waals surface area contributed by atoms with E-state index >= 15 is 0 Å². The van der Waals surface area contributed by atoms with Crippen molar-refractivity contribution < 1.29 is 0 Å². The molecule has 0 saturated carbocycles. The van der Waals surface area contributed by atoms with Crippen LogP contribution in [0.1, 0.15) is 39.0 Å². The lowest BCUT2D eigenvalue weighted by Gasteiger charge is -2.26. The molecule has 2 aliphatic heterocycles. The van der Waals surface area contributed by atoms with Crippen LogP contribution >= 0.6 is 15.9 Å². The molecule has 100 valence electrons. The van der Waals surface area contributed by atoms with Gasteiger partial charge in [0.05, 0.1) is 0 Å². The first kappa shape index (κ1) is 13.8. The molecule has 2 heterocycles. The second-order valence-corrected chi connectivity index (χ2v) is 6.65. The van der Waals surface area contributed by atoms with Gasteiger partial charge in [-0.1, -0.05) is 22.9 Å². The molecular formula is C14H27BrN2. The van der Waals surface area contributed by atoms with E-state index in [1.807, 2.05) is 0 Å². The van der Waals surface area contributed by atoms with Crippen LogP contribution in [0, 0.1) is 5.92 Å². The maximum absolute atomic E-state index is 3.55. The van der Waals surface area contributed by atoms with Gasteiger partial charge in [-0.25, -0.2) is 0 Å². The highest BCUT2D eigenvalue weighted by atomic mass is 79.9. The van der Waals surface area contributed by atoms with Crippen molar-refractivity contribution in [3.63, 3.8) is 0 Å². The molecule has 2 rings (SSSR count). The molecule has 0 amide bonds. The fourth-order valence-electron chi connectivity index (χ4n) is 3.22. The van der Waals surface area contributed by atoms with Gasteiger partial charge in [0.1, 0.15) is 0 Å². The van der Waals surface area contributed by atoms with E-state index in [0.29, 0.717) is 0 Å². The number of fused-ring (bicyclic) bond motifs is 1. The van der Waals surface area contributed by atoms with Crippen molar-refractivity contribution in [1.82, 2.24) is 9.80 Å². The minimum absolute atomic E-state index is 0.873. The van der Waals surface area contributed by atoms with Crippen LogP contribution < -0.4 is 0 Å². The molecule has 2 aliphatic rings. The standard InChI is InChI=1S/C14H27BrN2/c1-13(5-7-15)6-11-16-8-3-10-17-9-2-4-14(17)12-16/h13-14H,2-12H2,1H3. The van der Waals surface area contributed by atoms with Crippen molar-refractivity contribution >= 4 is 15.9 Å². The van der Waals surface area contributed by atoms with E-state index in [2.05, 4.69) is 32.7 Å². The molecule has 3 heteroatoms. The summed E-state index contributed by atoms with van der Waals surface area (Å²) in [6.45, 7) is 9.07. The summed E-state index contributed by atoms with van der Waals surface area (Å²) in [6.07, 6.45) is 6.94. The highest BCUT2D eigenvalue weighted by Gasteiger charge is 2.28. The van der Waals surface area contributed by atoms with Gasteiger partial charge in [0.15, 0.2) is 0 Å². The number of nitrogens with zero attached hydrogens (tertiary/aromatic N) is 2. The lowest BCUT2D eigenvalue weighted by molar-refractivity contribution is 0.211. The Balaban J connectivity index is 1.73. The molecule has 2 saturated heterocycles. The number of halogens is 1. The van der Waals surface area contributed by atoms with Crippen LogP contribution in [-0.2, 0) is 0 Å². The first-order chi connectivity index (χ1) is 8.29. The number of hydrogen-bond donors (Lipinski definition) is 0. The van der Waals surface area contributed by atoms with Crippen LogP contribution in [0.2, 0.25) is 0 Å². The van der Waals surface area contributed by atoms with Crippen molar-refractivity contribution in [2.45, 2.75) is 45.1 Å². The minimum atomic E-state index is 0.873. The molecule has 2 fully saturated rings. The van der Waals surface area contributed by atoms with Gasteiger partial charge < -0.3 is 4.90 Å². The molecule has 2 nitrogen and oxygen atoms in total. The first-order valence-electron chi connectivity index (χ1n) is 7.32. The van der Waals surface area contributed by atoms with E-state index in [0.717, 1.165) is 17.3 Å². The van der Waals surface area contributed by atoms with Crippen LogP contribution in [0.25, 0.3) is 0 Å². The Kier molecular flexibility index (Phi) is 5.78. The Morgan fingerprint density at radius 2 is 2.00 bits per heavy atom. The zero-order valence-corrected chi connectivity index (χ0v) is 12.8. The van der Waals surface area contributed by atoms with E-state index < -0.39 is 0 Å². The highest BCUT2D eigenvalue weighted by Crippen LogP contribution is 2.22. The molecular weight excluding hydrogens is 276 g/mol. The predicted molar refractivity (Wildman–Crippen MR) is 77.8 cm³/mol. The zero-order valence-electron chi connectivity index (χ0n) is 11.2. The molecule has 0 bridgehead atoms. The Hall–Kier alpha value is 0.400. The molecule has 0 aromatic carbocycles. The SMILES string of the molecule is CC(CCBr)CCN1CCCN2CCCC2C1. The highest BCUT2D eigenvalue weighted by molar-refractivity contribution is 9.09. The third-order valence-corrected chi connectivity index (χ3v) is 4.89. The summed E-state index contributed by atoms with van der Waals surface area (Å²) in [4.78, 5) is 5.45. The van der Waals surface area contributed by atoms with Crippen molar-refractivity contribution in [3.05, 3.63) is 0 Å². The average Bonchev–Trinajstić information content (AvgIpc) is 2.65. The third-order valence-electron chi connectivity index (χ3n) is 4.43. The van der Waals surface area contributed by atoms with Gasteiger partial charge >= 0.3 is 0 Å². The Morgan fingerprint density at radius 3 is 2.82 bits per heavy atom. The summed E-state index contributed by atoms with van der Waals surface area (Å²) in [5.74, 6) is 0.873. The van der Waals surface area contributed by atoms with Crippen molar-refractivity contribution in [2.75, 3.05) is 38.1 Å². The van der Waals surface area contributed by atoms with Crippen molar-refractivity contribution in [3.8, 4) is 0 Å². The van der Waals surface area contributed by atoms with E-state index in [1.165, 1.54) is 64.8 Å². The molecule has 17 heavy (non-hydrogen) atoms. The number of rotatable bonds is 5. The van der Waals surface area contributed by atoms with Gasteiger partial charge in [-0.3, -0.25) is 4.90 Å². The Bertz CT molecular complexity index is 222. The summed E-state index contributed by atoms with van der Waals surface area (Å²) >= 11 is 3.55. The van der Waals surface area contributed by atoms with Crippen LogP contribution in [0.15, 0.2) is 0 Å². The molecule has 0 N–H and O–H groups in total. The maximum atomic E-state index is 3.55. The molecule has 2 atom stereocenters. The first-order valence-corrected chi connectivity index (χ1v) is 8.44. The molecule has 0 aliphatic carbocycles. The molecule has 0 aromatic heterocycles. The number of alkyl halides is 1. The lowest BCUT2D eigenvalue weighted by atomic mass is 10.0. The molecule has 0 radical (unpaired) electrons. The Morgan fingerprint density at radius 1 is 1.18 bits per heavy atom. The predicted octanol–water partition coefficient (Wildman–Crippen LogP) is 2.97. The van der Waals surface area contributed by atoms with Crippen LogP contribution in [0.5, 0.6) is 0 Å². The van der Waals surface area contributed by atoms with E-state index in [4.69, 9.17) is 0 Å². The van der Waals surface area contributed by atoms with Crippen LogP contribution in [0.4, 0.5) is 0 Å². The van der Waals surface area contributed by atoms with Crippen molar-refractivity contribution in [1.29, 1.82) is 0 Å². The minimum Gasteiger partial charge on any atom is -0.302 e. The van der Waals surface area contributed by atoms with E-state index in [1.54, 1.807) is 0 Å². The van der Waals surface area contributed by atoms with Gasteiger partial charge in [-0.2, -0.15) is 0 Å². The van der Waals surface area contributed by atoms with Crippen LogP contribution in [-0.4, -0.2) is 53.9 Å². The second kappa shape index (κ2) is 7.10. The molecule has 2 unspecified atom stereocenters. The average molecular weight is 303 g/mol. The lowest BCUT2D eigenvalue weighted by Crippen LogP contribution is -2.37. The number of hydrogen-bond acceptors (Lipinski definition) is 2. The molecule has 0 aromatic rings. The van der Waals surface area contributed by atoms with Gasteiger partial charge in [-0.15, -0.1) is 0 Å². The quantitative estimate of drug-likeness (QED) is 0.721. The largest absolute Gasteiger partial charge is 0.302 e. The fraction of sp³-hybridized carbons (Fsp3) is 1.00. The topological polar surface area (TPSA) is 6.48 Å². The van der Waals surface area contributed by atoms with Gasteiger partial charge in [-0.05, 0) is 64.2 Å². The summed E-state index contributed by atoms with van der Waals surface area (Å²) in [5, 5.41) is 1.16. The maximum Gasteiger partial charge on any atom is 0.0223 e. The van der Waals surface area contributed by atoms with Crippen LogP contribution in [0.3, 0.4) is 0 Å². The van der Waals surface area contributed by atoms with Gasteiger partial charge in [0, 0.05) is 17.9 Å². The molecule has 0 spiro atoms. The Labute approximate surface area is 115 Å². The smallest absolute Gasteiger partial charge is 0.0223 e. The second-order valence-electron chi connectivity index (χ2n) is 5.86. The summed E-state index contributed by atoms with van der Waals surface area (Å²) in [6, 6.07) is 0.879. The summed E-state index contributed by atoms with van der Waals surface area (Å²) in [5.41, 5.74) is 0. The summed E-state index contributed by atoms with van der Waals surface area (Å²) in [7, 11) is 0. The normalized spacial score (nSPS) is 28.9. The third kappa shape index (κ3) is 4.22.